The normalized spacial score (nSPS) is 24.0. The molecule has 2 aromatic rings. The number of carbonyl (C=O) groups is 2. The number of carboxylic acid groups (broad SMARTS) is 1. The van der Waals surface area contributed by atoms with Gasteiger partial charge >= 0.3 is 5.97 Å². The van der Waals surface area contributed by atoms with Crippen molar-refractivity contribution in [2.75, 3.05) is 13.1 Å². The lowest BCUT2D eigenvalue weighted by atomic mass is 9.81. The highest BCUT2D eigenvalue weighted by Crippen LogP contribution is 2.49. The number of rotatable bonds is 4. The maximum atomic E-state index is 12.8. The second-order valence-electron chi connectivity index (χ2n) is 7.16. The van der Waals surface area contributed by atoms with Gasteiger partial charge in [0, 0.05) is 31.4 Å². The Morgan fingerprint density at radius 3 is 2.85 bits per heavy atom. The van der Waals surface area contributed by atoms with E-state index in [0.29, 0.717) is 18.7 Å². The topological polar surface area (TPSA) is 119 Å². The zero-order valence-electron chi connectivity index (χ0n) is 14.4. The number of hydrogen-bond donors (Lipinski definition) is 1. The highest BCUT2D eigenvalue weighted by atomic mass is 16.6. The van der Waals surface area contributed by atoms with Gasteiger partial charge in [-0.2, -0.15) is 5.10 Å². The Bertz CT molecular complexity index is 939. The monoisotopic (exact) mass is 370 g/mol. The lowest BCUT2D eigenvalue weighted by molar-refractivity contribution is -0.384. The molecule has 2 fully saturated rings. The van der Waals surface area contributed by atoms with Crippen molar-refractivity contribution < 1.29 is 19.6 Å². The summed E-state index contributed by atoms with van der Waals surface area (Å²) in [5, 5.41) is 24.8. The highest BCUT2D eigenvalue weighted by molar-refractivity contribution is 5.93. The molecule has 27 heavy (non-hydrogen) atoms. The summed E-state index contributed by atoms with van der Waals surface area (Å²) < 4.78 is 1.41. The average molecular weight is 370 g/mol. The van der Waals surface area contributed by atoms with Crippen molar-refractivity contribution in [2.45, 2.75) is 19.3 Å². The number of likely N-dealkylation sites (tertiary alicyclic amines) is 1. The predicted octanol–water partition coefficient (Wildman–Crippen LogP) is 2.11. The molecule has 9 heteroatoms. The predicted molar refractivity (Wildman–Crippen MR) is 93.5 cm³/mol. The smallest absolute Gasteiger partial charge is 0.311 e. The molecule has 4 rings (SSSR count). The van der Waals surface area contributed by atoms with Crippen LogP contribution in [0.1, 0.15) is 29.8 Å². The van der Waals surface area contributed by atoms with Crippen LogP contribution in [-0.2, 0) is 4.79 Å². The highest BCUT2D eigenvalue weighted by Gasteiger charge is 2.56. The fourth-order valence-corrected chi connectivity index (χ4v) is 4.29. The second-order valence-corrected chi connectivity index (χ2v) is 7.16. The summed E-state index contributed by atoms with van der Waals surface area (Å²) in [4.78, 5) is 36.6. The first-order valence-electron chi connectivity index (χ1n) is 8.74. The van der Waals surface area contributed by atoms with Gasteiger partial charge in [0.25, 0.3) is 11.6 Å². The van der Waals surface area contributed by atoms with Gasteiger partial charge in [-0.1, -0.05) is 12.5 Å². The van der Waals surface area contributed by atoms with E-state index in [9.17, 15) is 24.8 Å². The number of amides is 1. The minimum atomic E-state index is -0.835. The average Bonchev–Trinajstić information content (AvgIpc) is 3.35. The number of aliphatic carboxylic acids is 1. The summed E-state index contributed by atoms with van der Waals surface area (Å²) >= 11 is 0. The number of fused-ring (bicyclic) bond motifs is 1. The van der Waals surface area contributed by atoms with Crippen molar-refractivity contribution in [3.63, 3.8) is 0 Å². The van der Waals surface area contributed by atoms with Crippen LogP contribution in [0.4, 0.5) is 5.69 Å². The van der Waals surface area contributed by atoms with Crippen LogP contribution in [0.3, 0.4) is 0 Å². The first kappa shape index (κ1) is 17.2. The van der Waals surface area contributed by atoms with Gasteiger partial charge < -0.3 is 10.0 Å². The molecule has 2 heterocycles. The Morgan fingerprint density at radius 1 is 1.33 bits per heavy atom. The van der Waals surface area contributed by atoms with Crippen molar-refractivity contribution >= 4 is 17.6 Å². The van der Waals surface area contributed by atoms with Gasteiger partial charge in [-0.3, -0.25) is 19.7 Å². The summed E-state index contributed by atoms with van der Waals surface area (Å²) in [6, 6.07) is 7.51. The molecule has 140 valence electrons. The molecule has 1 aliphatic heterocycles. The third-order valence-corrected chi connectivity index (χ3v) is 5.70. The van der Waals surface area contributed by atoms with Crippen LogP contribution in [0.25, 0.3) is 5.69 Å². The molecule has 1 aromatic carbocycles. The maximum absolute atomic E-state index is 12.8. The number of nitro benzene ring substituents is 1. The van der Waals surface area contributed by atoms with Crippen LogP contribution in [-0.4, -0.2) is 49.7 Å². The van der Waals surface area contributed by atoms with Gasteiger partial charge in [0.2, 0.25) is 0 Å². The fraction of sp³-hybridized carbons (Fsp3) is 0.389. The van der Waals surface area contributed by atoms with Crippen molar-refractivity contribution in [1.29, 1.82) is 0 Å². The summed E-state index contributed by atoms with van der Waals surface area (Å²) in [5.41, 5.74) is -0.227. The molecule has 0 radical (unpaired) electrons. The van der Waals surface area contributed by atoms with E-state index < -0.39 is 16.3 Å². The van der Waals surface area contributed by atoms with Gasteiger partial charge in [-0.15, -0.1) is 0 Å². The number of nitrogens with zero attached hydrogens (tertiary/aromatic N) is 4. The van der Waals surface area contributed by atoms with Gasteiger partial charge in [-0.25, -0.2) is 4.68 Å². The van der Waals surface area contributed by atoms with E-state index in [0.717, 1.165) is 12.8 Å². The molecule has 0 spiro atoms. The molecular weight excluding hydrogens is 352 g/mol. The Morgan fingerprint density at radius 2 is 2.15 bits per heavy atom. The number of aromatic nitrogens is 2. The zero-order valence-corrected chi connectivity index (χ0v) is 14.4. The molecule has 1 saturated heterocycles. The molecule has 1 amide bonds. The Hall–Kier alpha value is -3.23. The number of hydrogen-bond acceptors (Lipinski definition) is 5. The second kappa shape index (κ2) is 6.19. The van der Waals surface area contributed by atoms with Crippen LogP contribution in [0.2, 0.25) is 0 Å². The Balaban J connectivity index is 1.56. The molecule has 2 atom stereocenters. The standard InChI is InChI=1S/C18H18N4O5/c23-16(20-10-12-3-2-7-18(12,11-20)17(24)25)15-6-8-21(19-15)13-4-1-5-14(9-13)22(26)27/h1,4-6,8-9,12H,2-3,7,10-11H2,(H,24,25)/t12-,18+/m0/s1. The van der Waals surface area contributed by atoms with E-state index in [-0.39, 0.29) is 29.8 Å². The van der Waals surface area contributed by atoms with E-state index in [2.05, 4.69) is 5.10 Å². The summed E-state index contributed by atoms with van der Waals surface area (Å²) in [6.07, 6.45) is 3.85. The number of benzene rings is 1. The maximum Gasteiger partial charge on any atom is 0.311 e. The molecule has 1 saturated carbocycles. The summed E-state index contributed by atoms with van der Waals surface area (Å²) in [5.74, 6) is -1.16. The first-order chi connectivity index (χ1) is 12.9. The summed E-state index contributed by atoms with van der Waals surface area (Å²) in [6.45, 7) is 0.629. The van der Waals surface area contributed by atoms with E-state index >= 15 is 0 Å². The van der Waals surface area contributed by atoms with Gasteiger partial charge in [-0.05, 0) is 30.9 Å². The number of non-ortho nitro benzene ring substituents is 1. The molecule has 2 aliphatic rings. The van der Waals surface area contributed by atoms with Crippen LogP contribution >= 0.6 is 0 Å². The van der Waals surface area contributed by atoms with E-state index in [1.165, 1.54) is 16.8 Å². The molecule has 0 unspecified atom stereocenters. The van der Waals surface area contributed by atoms with Crippen molar-refractivity contribution in [3.05, 3.63) is 52.3 Å². The number of carboxylic acids is 1. The molecule has 9 nitrogen and oxygen atoms in total. The van der Waals surface area contributed by atoms with Crippen LogP contribution in [0.15, 0.2) is 36.5 Å². The minimum Gasteiger partial charge on any atom is -0.481 e. The molecule has 1 aliphatic carbocycles. The molecular formula is C18H18N4O5. The lowest BCUT2D eigenvalue weighted by Gasteiger charge is -2.23. The molecule has 1 N–H and O–H groups in total. The fourth-order valence-electron chi connectivity index (χ4n) is 4.29. The Labute approximate surface area is 154 Å². The van der Waals surface area contributed by atoms with Crippen LogP contribution < -0.4 is 0 Å². The van der Waals surface area contributed by atoms with Crippen molar-refractivity contribution in [3.8, 4) is 5.69 Å². The minimum absolute atomic E-state index is 0.0159. The molecule has 1 aromatic heterocycles. The quantitative estimate of drug-likeness (QED) is 0.650. The molecule has 0 bridgehead atoms. The lowest BCUT2D eigenvalue weighted by Crippen LogP contribution is -2.37. The largest absolute Gasteiger partial charge is 0.481 e. The first-order valence-corrected chi connectivity index (χ1v) is 8.74. The third kappa shape index (κ3) is 2.75. The van der Waals surface area contributed by atoms with Gasteiger partial charge in [0.1, 0.15) is 0 Å². The van der Waals surface area contributed by atoms with E-state index in [4.69, 9.17) is 0 Å². The van der Waals surface area contributed by atoms with Crippen LogP contribution in [0.5, 0.6) is 0 Å². The SMILES string of the molecule is O=C(c1ccn(-c2cccc([N+](=O)[O-])c2)n1)N1C[C@@H]2CCC[C@@]2(C(=O)O)C1. The van der Waals surface area contributed by atoms with Crippen LogP contribution in [0, 0.1) is 21.4 Å². The van der Waals surface area contributed by atoms with E-state index in [1.807, 2.05) is 0 Å². The third-order valence-electron chi connectivity index (χ3n) is 5.70. The number of carbonyl (C=O) groups excluding carboxylic acids is 1. The van der Waals surface area contributed by atoms with E-state index in [1.54, 1.807) is 29.3 Å². The number of nitro groups is 1. The van der Waals surface area contributed by atoms with Gasteiger partial charge in [0.05, 0.1) is 16.0 Å². The summed E-state index contributed by atoms with van der Waals surface area (Å²) in [7, 11) is 0. The van der Waals surface area contributed by atoms with Crippen molar-refractivity contribution in [2.24, 2.45) is 11.3 Å². The van der Waals surface area contributed by atoms with Crippen molar-refractivity contribution in [1.82, 2.24) is 14.7 Å². The zero-order chi connectivity index (χ0) is 19.2. The Kier molecular flexibility index (Phi) is 3.94. The van der Waals surface area contributed by atoms with Gasteiger partial charge in [0.15, 0.2) is 5.69 Å².